The Bertz CT molecular complexity index is 1050. The quantitative estimate of drug-likeness (QED) is 0.415. The van der Waals surface area contributed by atoms with Gasteiger partial charge in [-0.1, -0.05) is 46.3 Å². The van der Waals surface area contributed by atoms with E-state index in [0.717, 1.165) is 45.7 Å². The van der Waals surface area contributed by atoms with Crippen LogP contribution in [0.3, 0.4) is 0 Å². The van der Waals surface area contributed by atoms with Crippen molar-refractivity contribution in [3.63, 3.8) is 0 Å². The zero-order valence-corrected chi connectivity index (χ0v) is 17.0. The third-order valence-electron chi connectivity index (χ3n) is 4.82. The molecule has 0 aliphatic heterocycles. The van der Waals surface area contributed by atoms with Crippen molar-refractivity contribution >= 4 is 32.8 Å². The van der Waals surface area contributed by atoms with Crippen LogP contribution in [-0.2, 0) is 0 Å². The summed E-state index contributed by atoms with van der Waals surface area (Å²) in [6.45, 7) is 6.12. The number of aromatic nitrogens is 3. The van der Waals surface area contributed by atoms with Crippen molar-refractivity contribution < 1.29 is 0 Å². The second-order valence-corrected chi connectivity index (χ2v) is 7.24. The molecule has 0 bridgehead atoms. The van der Waals surface area contributed by atoms with Crippen LogP contribution in [0.2, 0.25) is 0 Å². The summed E-state index contributed by atoms with van der Waals surface area (Å²) in [7, 11) is 0. The zero-order valence-electron chi connectivity index (χ0n) is 15.4. The third-order valence-corrected chi connectivity index (χ3v) is 5.34. The van der Waals surface area contributed by atoms with E-state index in [0.29, 0.717) is 0 Å². The maximum Gasteiger partial charge on any atom is 0.150 e. The average Bonchev–Trinajstić information content (AvgIpc) is 3.11. The lowest BCUT2D eigenvalue weighted by Crippen LogP contribution is -2.23. The lowest BCUT2D eigenvalue weighted by Gasteiger charge is -2.21. The maximum atomic E-state index is 4.65. The van der Waals surface area contributed by atoms with Gasteiger partial charge in [0.25, 0.3) is 0 Å². The molecule has 136 valence electrons. The van der Waals surface area contributed by atoms with Gasteiger partial charge in [-0.15, -0.1) is 0 Å². The van der Waals surface area contributed by atoms with E-state index in [1.54, 1.807) is 6.33 Å². The molecular formula is C22H21BrN4. The molecule has 2 aromatic heterocycles. The lowest BCUT2D eigenvalue weighted by atomic mass is 10.1. The summed E-state index contributed by atoms with van der Waals surface area (Å²) in [6.07, 6.45) is 3.84. The molecule has 0 saturated heterocycles. The van der Waals surface area contributed by atoms with Gasteiger partial charge in [0.15, 0.2) is 5.65 Å². The first-order chi connectivity index (χ1) is 13.2. The van der Waals surface area contributed by atoms with Gasteiger partial charge in [-0.25, -0.2) is 9.97 Å². The van der Waals surface area contributed by atoms with E-state index in [1.165, 1.54) is 5.56 Å². The van der Waals surface area contributed by atoms with Crippen molar-refractivity contribution in [3.05, 3.63) is 71.6 Å². The number of benzene rings is 2. The first-order valence-electron chi connectivity index (χ1n) is 9.15. The number of rotatable bonds is 5. The van der Waals surface area contributed by atoms with E-state index in [4.69, 9.17) is 0 Å². The van der Waals surface area contributed by atoms with Crippen molar-refractivity contribution in [1.29, 1.82) is 0 Å². The predicted molar refractivity (Wildman–Crippen MR) is 116 cm³/mol. The number of hydrogen-bond donors (Lipinski definition) is 0. The Balaban J connectivity index is 2.04. The van der Waals surface area contributed by atoms with Crippen LogP contribution in [-0.4, -0.2) is 27.6 Å². The van der Waals surface area contributed by atoms with Gasteiger partial charge in [0, 0.05) is 35.0 Å². The molecule has 0 atom stereocenters. The Hall–Kier alpha value is -2.66. The van der Waals surface area contributed by atoms with E-state index >= 15 is 0 Å². The maximum absolute atomic E-state index is 4.65. The second kappa shape index (κ2) is 7.53. The summed E-state index contributed by atoms with van der Waals surface area (Å²) < 4.78 is 3.21. The number of hydrogen-bond acceptors (Lipinski definition) is 3. The molecule has 2 aromatic carbocycles. The van der Waals surface area contributed by atoms with Crippen LogP contribution < -0.4 is 4.90 Å². The second-order valence-electron chi connectivity index (χ2n) is 6.32. The summed E-state index contributed by atoms with van der Waals surface area (Å²) in [4.78, 5) is 11.6. The first-order valence-corrected chi connectivity index (χ1v) is 9.94. The highest BCUT2D eigenvalue weighted by molar-refractivity contribution is 9.10. The Morgan fingerprint density at radius 1 is 0.926 bits per heavy atom. The highest BCUT2D eigenvalue weighted by Gasteiger charge is 2.19. The van der Waals surface area contributed by atoms with E-state index in [1.807, 2.05) is 6.07 Å². The zero-order chi connectivity index (χ0) is 18.8. The molecule has 0 N–H and O–H groups in total. The summed E-state index contributed by atoms with van der Waals surface area (Å²) in [6, 6.07) is 18.7. The minimum atomic E-state index is 0.903. The number of halogens is 1. The van der Waals surface area contributed by atoms with Crippen LogP contribution in [0.25, 0.3) is 27.8 Å². The first kappa shape index (κ1) is 17.7. The van der Waals surface area contributed by atoms with Crippen LogP contribution in [0.4, 0.5) is 5.82 Å². The van der Waals surface area contributed by atoms with Crippen LogP contribution in [0.15, 0.2) is 71.6 Å². The van der Waals surface area contributed by atoms with Crippen molar-refractivity contribution in [3.8, 4) is 16.8 Å². The fraction of sp³-hybridized carbons (Fsp3) is 0.182. The van der Waals surface area contributed by atoms with Gasteiger partial charge in [0.2, 0.25) is 0 Å². The van der Waals surface area contributed by atoms with E-state index < -0.39 is 0 Å². The van der Waals surface area contributed by atoms with Gasteiger partial charge in [-0.05, 0) is 43.7 Å². The predicted octanol–water partition coefficient (Wildman–Crippen LogP) is 5.70. The van der Waals surface area contributed by atoms with E-state index in [2.05, 4.69) is 104 Å². The smallest absolute Gasteiger partial charge is 0.150 e. The van der Waals surface area contributed by atoms with Crippen LogP contribution in [0.1, 0.15) is 13.8 Å². The molecule has 0 saturated carbocycles. The fourth-order valence-electron chi connectivity index (χ4n) is 3.44. The van der Waals surface area contributed by atoms with Crippen molar-refractivity contribution in [2.45, 2.75) is 13.8 Å². The largest absolute Gasteiger partial charge is 0.356 e. The summed E-state index contributed by atoms with van der Waals surface area (Å²) in [5.74, 6) is 0.986. The third kappa shape index (κ3) is 3.23. The van der Waals surface area contributed by atoms with Gasteiger partial charge in [0.05, 0.1) is 5.39 Å². The molecule has 4 nitrogen and oxygen atoms in total. The minimum absolute atomic E-state index is 0.903. The highest BCUT2D eigenvalue weighted by Crippen LogP contribution is 2.36. The lowest BCUT2D eigenvalue weighted by molar-refractivity contribution is 0.848. The molecule has 4 rings (SSSR count). The summed E-state index contributed by atoms with van der Waals surface area (Å²) >= 11 is 3.52. The average molecular weight is 421 g/mol. The van der Waals surface area contributed by atoms with E-state index in [9.17, 15) is 0 Å². The number of anilines is 1. The minimum Gasteiger partial charge on any atom is -0.356 e. The molecule has 2 heterocycles. The monoisotopic (exact) mass is 420 g/mol. The van der Waals surface area contributed by atoms with Crippen molar-refractivity contribution in [2.75, 3.05) is 18.0 Å². The number of fused-ring (bicyclic) bond motifs is 1. The van der Waals surface area contributed by atoms with Gasteiger partial charge in [-0.2, -0.15) is 0 Å². The standard InChI is InChI=1S/C22H21BrN4/c1-3-26(4-2)21-20-19(16-8-6-5-7-9-16)14-27(22(20)25-15-24-21)18-12-10-17(23)11-13-18/h5-15H,3-4H2,1-2H3. The SMILES string of the molecule is CCN(CC)c1ncnc2c1c(-c1ccccc1)cn2-c1ccc(Br)cc1. The van der Waals surface area contributed by atoms with Gasteiger partial charge in [0.1, 0.15) is 12.1 Å². The van der Waals surface area contributed by atoms with Gasteiger partial charge in [-0.3, -0.25) is 0 Å². The van der Waals surface area contributed by atoms with Crippen LogP contribution in [0.5, 0.6) is 0 Å². The van der Waals surface area contributed by atoms with Crippen LogP contribution >= 0.6 is 15.9 Å². The molecule has 0 unspecified atom stereocenters. The Labute approximate surface area is 167 Å². The van der Waals surface area contributed by atoms with E-state index in [-0.39, 0.29) is 0 Å². The van der Waals surface area contributed by atoms with Crippen LogP contribution in [0, 0.1) is 0 Å². The Morgan fingerprint density at radius 3 is 2.30 bits per heavy atom. The molecule has 0 spiro atoms. The Morgan fingerprint density at radius 2 is 1.63 bits per heavy atom. The molecular weight excluding hydrogens is 400 g/mol. The van der Waals surface area contributed by atoms with Crippen molar-refractivity contribution in [1.82, 2.24) is 14.5 Å². The summed E-state index contributed by atoms with van der Waals surface area (Å²) in [5.41, 5.74) is 4.32. The molecule has 0 amide bonds. The molecule has 27 heavy (non-hydrogen) atoms. The van der Waals surface area contributed by atoms with Crippen molar-refractivity contribution in [2.24, 2.45) is 0 Å². The molecule has 0 aliphatic rings. The molecule has 0 fully saturated rings. The van der Waals surface area contributed by atoms with Gasteiger partial charge < -0.3 is 9.47 Å². The molecule has 0 aliphatic carbocycles. The topological polar surface area (TPSA) is 34.0 Å². The summed E-state index contributed by atoms with van der Waals surface area (Å²) in [5, 5.41) is 1.09. The number of nitrogens with zero attached hydrogens (tertiary/aromatic N) is 4. The highest BCUT2D eigenvalue weighted by atomic mass is 79.9. The molecule has 5 heteroatoms. The molecule has 4 aromatic rings. The normalized spacial score (nSPS) is 11.1. The Kier molecular flexibility index (Phi) is 4.94. The fourth-order valence-corrected chi connectivity index (χ4v) is 3.71. The molecule has 0 radical (unpaired) electrons. The van der Waals surface area contributed by atoms with Gasteiger partial charge >= 0.3 is 0 Å².